The van der Waals surface area contributed by atoms with Crippen molar-refractivity contribution in [2.75, 3.05) is 0 Å². The molecule has 1 aromatic heterocycles. The van der Waals surface area contributed by atoms with Gasteiger partial charge in [-0.2, -0.15) is 4.39 Å². The van der Waals surface area contributed by atoms with Gasteiger partial charge in [-0.1, -0.05) is 6.07 Å². The molecule has 60 valence electrons. The lowest BCUT2D eigenvalue weighted by Gasteiger charge is -1.78. The van der Waals surface area contributed by atoms with Crippen LogP contribution in [0.5, 0.6) is 0 Å². The Balaban J connectivity index is 0.000000218. The molecular formula is C5H4BF4N. The molecule has 0 aromatic carbocycles. The van der Waals surface area contributed by atoms with Crippen molar-refractivity contribution < 1.29 is 17.3 Å². The Morgan fingerprint density at radius 2 is 1.73 bits per heavy atom. The van der Waals surface area contributed by atoms with Gasteiger partial charge in [-0.3, -0.25) is 12.9 Å². The maximum Gasteiger partial charge on any atom is 0.762 e. The molecule has 0 amide bonds. The molecule has 0 bridgehead atoms. The average Bonchev–Trinajstić information content (AvgIpc) is 1.87. The zero-order valence-electron chi connectivity index (χ0n) is 5.35. The summed E-state index contributed by atoms with van der Waals surface area (Å²) < 4.78 is 40.8. The molecule has 1 heterocycles. The first-order valence-electron chi connectivity index (χ1n) is 2.61. The van der Waals surface area contributed by atoms with E-state index in [1.165, 1.54) is 12.3 Å². The van der Waals surface area contributed by atoms with E-state index < -0.39 is 13.5 Å². The van der Waals surface area contributed by atoms with Crippen molar-refractivity contribution in [3.05, 3.63) is 30.3 Å². The summed E-state index contributed by atoms with van der Waals surface area (Å²) in [6.07, 6.45) is 1.41. The summed E-state index contributed by atoms with van der Waals surface area (Å²) in [4.78, 5) is 3.31. The Morgan fingerprint density at radius 3 is 1.91 bits per heavy atom. The van der Waals surface area contributed by atoms with E-state index in [4.69, 9.17) is 0 Å². The number of halogens is 4. The molecule has 0 atom stereocenters. The minimum absolute atomic E-state index is 0.428. The van der Waals surface area contributed by atoms with Crippen LogP contribution in [-0.4, -0.2) is 12.5 Å². The van der Waals surface area contributed by atoms with Crippen molar-refractivity contribution in [1.29, 1.82) is 0 Å². The Bertz CT molecular complexity index is 178. The number of hydrogen-bond acceptors (Lipinski definition) is 1. The highest BCUT2D eigenvalue weighted by atomic mass is 19.4. The van der Waals surface area contributed by atoms with E-state index in [9.17, 15) is 17.3 Å². The second-order valence-corrected chi connectivity index (χ2v) is 1.40. The van der Waals surface area contributed by atoms with Crippen molar-refractivity contribution in [2.24, 2.45) is 0 Å². The molecule has 0 N–H and O–H groups in total. The van der Waals surface area contributed by atoms with Crippen LogP contribution in [0.15, 0.2) is 24.4 Å². The summed E-state index contributed by atoms with van der Waals surface area (Å²) in [5.74, 6) is -0.428. The minimum atomic E-state index is -3.67. The lowest BCUT2D eigenvalue weighted by atomic mass is 10.5. The van der Waals surface area contributed by atoms with Crippen LogP contribution in [0.4, 0.5) is 17.3 Å². The standard InChI is InChI=1S/C5H4FN.BF3/c6-5-3-1-2-4-7-5;2-1(3)4/h1-4H;. The third kappa shape index (κ3) is 8.93. The zero-order valence-corrected chi connectivity index (χ0v) is 5.35. The van der Waals surface area contributed by atoms with Crippen LogP contribution in [0.25, 0.3) is 0 Å². The SMILES string of the molecule is FB(F)F.Fc1ccccn1. The molecule has 0 radical (unpaired) electrons. The van der Waals surface area contributed by atoms with E-state index in [2.05, 4.69) is 4.98 Å². The van der Waals surface area contributed by atoms with Gasteiger partial charge in [0, 0.05) is 6.20 Å². The first-order valence-corrected chi connectivity index (χ1v) is 2.61. The normalized spacial score (nSPS) is 8.00. The monoisotopic (exact) mass is 165 g/mol. The summed E-state index contributed by atoms with van der Waals surface area (Å²) in [6, 6.07) is 4.57. The van der Waals surface area contributed by atoms with Crippen LogP contribution >= 0.6 is 0 Å². The van der Waals surface area contributed by atoms with Gasteiger partial charge in [0.15, 0.2) is 0 Å². The van der Waals surface area contributed by atoms with Gasteiger partial charge in [0.05, 0.1) is 0 Å². The van der Waals surface area contributed by atoms with E-state index in [1.807, 2.05) is 0 Å². The van der Waals surface area contributed by atoms with Crippen LogP contribution in [0.3, 0.4) is 0 Å². The van der Waals surface area contributed by atoms with E-state index in [1.54, 1.807) is 12.1 Å². The summed E-state index contributed by atoms with van der Waals surface area (Å²) in [5.41, 5.74) is 0. The number of aromatic nitrogens is 1. The molecule has 0 saturated carbocycles. The third-order valence-corrected chi connectivity index (χ3v) is 0.629. The number of pyridine rings is 1. The van der Waals surface area contributed by atoms with Crippen LogP contribution in [0.1, 0.15) is 0 Å². The van der Waals surface area contributed by atoms with Gasteiger partial charge in [-0.15, -0.1) is 0 Å². The van der Waals surface area contributed by atoms with Gasteiger partial charge in [-0.25, -0.2) is 4.98 Å². The quantitative estimate of drug-likeness (QED) is 0.325. The Labute approximate surface area is 61.3 Å². The van der Waals surface area contributed by atoms with Gasteiger partial charge in [-0.05, 0) is 12.1 Å². The summed E-state index contributed by atoms with van der Waals surface area (Å²) in [5, 5.41) is 0. The van der Waals surface area contributed by atoms with Gasteiger partial charge < -0.3 is 0 Å². The molecule has 0 aliphatic heterocycles. The fourth-order valence-electron chi connectivity index (χ4n) is 0.342. The van der Waals surface area contributed by atoms with Crippen LogP contribution in [-0.2, 0) is 0 Å². The molecule has 0 spiro atoms. The second-order valence-electron chi connectivity index (χ2n) is 1.40. The first kappa shape index (κ1) is 9.93. The van der Waals surface area contributed by atoms with E-state index in [-0.39, 0.29) is 0 Å². The van der Waals surface area contributed by atoms with Gasteiger partial charge in [0.25, 0.3) is 0 Å². The number of hydrogen-bond donors (Lipinski definition) is 0. The molecule has 1 rings (SSSR count). The fourth-order valence-corrected chi connectivity index (χ4v) is 0.342. The molecule has 0 aliphatic rings. The van der Waals surface area contributed by atoms with Gasteiger partial charge >= 0.3 is 7.54 Å². The number of nitrogens with zero attached hydrogens (tertiary/aromatic N) is 1. The molecule has 1 nitrogen and oxygen atoms in total. The predicted octanol–water partition coefficient (Wildman–Crippen LogP) is 2.10. The largest absolute Gasteiger partial charge is 0.762 e. The minimum Gasteiger partial charge on any atom is -0.254 e. The maximum absolute atomic E-state index is 11.8. The smallest absolute Gasteiger partial charge is 0.254 e. The lowest BCUT2D eigenvalue weighted by Crippen LogP contribution is -1.76. The molecule has 6 heteroatoms. The number of rotatable bonds is 0. The Morgan fingerprint density at radius 1 is 1.18 bits per heavy atom. The van der Waals surface area contributed by atoms with Crippen molar-refractivity contribution in [3.8, 4) is 0 Å². The summed E-state index contributed by atoms with van der Waals surface area (Å²) >= 11 is 0. The zero-order chi connectivity index (χ0) is 8.69. The molecule has 0 aliphatic carbocycles. The second kappa shape index (κ2) is 5.70. The Kier molecular flexibility index (Phi) is 5.15. The molecule has 1 aromatic rings. The van der Waals surface area contributed by atoms with E-state index in [0.717, 1.165) is 0 Å². The molecule has 0 unspecified atom stereocenters. The van der Waals surface area contributed by atoms with Crippen LogP contribution in [0.2, 0.25) is 0 Å². The molecular weight excluding hydrogens is 161 g/mol. The van der Waals surface area contributed by atoms with Crippen molar-refractivity contribution in [1.82, 2.24) is 4.98 Å². The summed E-state index contributed by atoms with van der Waals surface area (Å²) in [7, 11) is -3.67. The molecule has 0 fully saturated rings. The van der Waals surface area contributed by atoms with Gasteiger partial charge in [0.1, 0.15) is 0 Å². The van der Waals surface area contributed by atoms with E-state index >= 15 is 0 Å². The fraction of sp³-hybridized carbons (Fsp3) is 0. The molecule has 11 heavy (non-hydrogen) atoms. The van der Waals surface area contributed by atoms with Crippen LogP contribution < -0.4 is 0 Å². The predicted molar refractivity (Wildman–Crippen MR) is 33.3 cm³/mol. The highest BCUT2D eigenvalue weighted by molar-refractivity contribution is 6.33. The average molecular weight is 165 g/mol. The van der Waals surface area contributed by atoms with Crippen molar-refractivity contribution in [2.45, 2.75) is 0 Å². The van der Waals surface area contributed by atoms with Crippen molar-refractivity contribution in [3.63, 3.8) is 0 Å². The van der Waals surface area contributed by atoms with Crippen LogP contribution in [0, 0.1) is 5.95 Å². The topological polar surface area (TPSA) is 12.9 Å². The highest BCUT2D eigenvalue weighted by Gasteiger charge is 2.06. The van der Waals surface area contributed by atoms with Crippen molar-refractivity contribution >= 4 is 7.54 Å². The molecule has 0 saturated heterocycles. The Hall–Kier alpha value is -1.07. The third-order valence-electron chi connectivity index (χ3n) is 0.629. The van der Waals surface area contributed by atoms with E-state index in [0.29, 0.717) is 0 Å². The lowest BCUT2D eigenvalue weighted by molar-refractivity contribution is 0.535. The van der Waals surface area contributed by atoms with Gasteiger partial charge in [0.2, 0.25) is 5.95 Å². The summed E-state index contributed by atoms with van der Waals surface area (Å²) in [6.45, 7) is 0. The highest BCUT2D eigenvalue weighted by Crippen LogP contribution is 1.85. The maximum atomic E-state index is 11.8. The first-order chi connectivity index (χ1) is 5.13.